The molecule has 4 rings (SSSR count). The molecular formula is C22H21ClN2O2S. The molecule has 0 spiro atoms. The maximum absolute atomic E-state index is 12.5. The van der Waals surface area contributed by atoms with Crippen molar-refractivity contribution in [3.05, 3.63) is 69.6 Å². The van der Waals surface area contributed by atoms with Gasteiger partial charge in [-0.3, -0.25) is 9.59 Å². The van der Waals surface area contributed by atoms with E-state index in [1.54, 1.807) is 0 Å². The molecule has 1 aliphatic heterocycles. The Hall–Kier alpha value is -2.37. The molecule has 0 atom stereocenters. The summed E-state index contributed by atoms with van der Waals surface area (Å²) in [4.78, 5) is 27.4. The smallest absolute Gasteiger partial charge is 0.262 e. The number of carbonyl (C=O) groups excluding carboxylic acids is 2. The van der Waals surface area contributed by atoms with Gasteiger partial charge in [0.25, 0.3) is 5.91 Å². The fourth-order valence-corrected chi connectivity index (χ4v) is 4.98. The van der Waals surface area contributed by atoms with E-state index in [-0.39, 0.29) is 11.8 Å². The molecule has 0 fully saturated rings. The molecule has 0 saturated carbocycles. The van der Waals surface area contributed by atoms with Gasteiger partial charge in [-0.25, -0.2) is 0 Å². The van der Waals surface area contributed by atoms with Crippen molar-refractivity contribution in [2.45, 2.75) is 25.8 Å². The standard InChI is InChI=1S/C22H21ClN2O2S/c23-20-17-8-3-4-9-18(17)28-21(20)22(27)24-12-5-10-19(26)25-13-11-15-6-1-2-7-16(15)14-25/h1-4,6-9H,5,10-14H2,(H,24,27). The van der Waals surface area contributed by atoms with Crippen LogP contribution in [0.3, 0.4) is 0 Å². The van der Waals surface area contributed by atoms with E-state index in [4.69, 9.17) is 11.6 Å². The first-order valence-electron chi connectivity index (χ1n) is 9.43. The van der Waals surface area contributed by atoms with Gasteiger partial charge in [0.2, 0.25) is 5.91 Å². The van der Waals surface area contributed by atoms with E-state index < -0.39 is 0 Å². The second kappa shape index (κ2) is 8.33. The molecule has 1 aliphatic rings. The molecule has 4 nitrogen and oxygen atoms in total. The first-order valence-corrected chi connectivity index (χ1v) is 10.6. The van der Waals surface area contributed by atoms with Crippen LogP contribution in [0.25, 0.3) is 10.1 Å². The molecule has 1 N–H and O–H groups in total. The van der Waals surface area contributed by atoms with Crippen LogP contribution in [-0.4, -0.2) is 29.8 Å². The van der Waals surface area contributed by atoms with Gasteiger partial charge in [0, 0.05) is 36.1 Å². The van der Waals surface area contributed by atoms with Crippen molar-refractivity contribution in [3.8, 4) is 0 Å². The third kappa shape index (κ3) is 3.91. The van der Waals surface area contributed by atoms with Crippen LogP contribution in [0.2, 0.25) is 5.02 Å². The van der Waals surface area contributed by atoms with Crippen LogP contribution in [0, 0.1) is 0 Å². The highest BCUT2D eigenvalue weighted by atomic mass is 35.5. The predicted octanol–water partition coefficient (Wildman–Crippen LogP) is 4.65. The Kier molecular flexibility index (Phi) is 5.64. The van der Waals surface area contributed by atoms with Crippen LogP contribution < -0.4 is 5.32 Å². The fraction of sp³-hybridized carbons (Fsp3) is 0.273. The zero-order valence-corrected chi connectivity index (χ0v) is 17.0. The molecule has 0 bridgehead atoms. The van der Waals surface area contributed by atoms with Crippen LogP contribution in [-0.2, 0) is 17.8 Å². The zero-order valence-electron chi connectivity index (χ0n) is 15.4. The lowest BCUT2D eigenvalue weighted by atomic mass is 9.99. The van der Waals surface area contributed by atoms with E-state index in [1.807, 2.05) is 41.3 Å². The van der Waals surface area contributed by atoms with Gasteiger partial charge in [-0.15, -0.1) is 11.3 Å². The number of amides is 2. The Morgan fingerprint density at radius 3 is 2.64 bits per heavy atom. The van der Waals surface area contributed by atoms with Gasteiger partial charge >= 0.3 is 0 Å². The number of halogens is 1. The molecule has 28 heavy (non-hydrogen) atoms. The van der Waals surface area contributed by atoms with Gasteiger partial charge in [0.1, 0.15) is 4.88 Å². The maximum atomic E-state index is 12.5. The number of carbonyl (C=O) groups is 2. The number of rotatable bonds is 5. The quantitative estimate of drug-likeness (QED) is 0.620. The molecule has 0 saturated heterocycles. The highest BCUT2D eigenvalue weighted by Crippen LogP contribution is 2.34. The van der Waals surface area contributed by atoms with E-state index in [0.29, 0.717) is 35.8 Å². The Bertz CT molecular complexity index is 1030. The molecule has 0 aliphatic carbocycles. The average Bonchev–Trinajstić information content (AvgIpc) is 3.07. The van der Waals surface area contributed by atoms with Gasteiger partial charge in [-0.1, -0.05) is 54.1 Å². The van der Waals surface area contributed by atoms with Gasteiger partial charge in [0.05, 0.1) is 5.02 Å². The summed E-state index contributed by atoms with van der Waals surface area (Å²) in [5.41, 5.74) is 2.56. The minimum Gasteiger partial charge on any atom is -0.351 e. The number of fused-ring (bicyclic) bond motifs is 2. The van der Waals surface area contributed by atoms with Crippen molar-refractivity contribution < 1.29 is 9.59 Å². The number of benzene rings is 2. The van der Waals surface area contributed by atoms with Crippen LogP contribution >= 0.6 is 22.9 Å². The van der Waals surface area contributed by atoms with Crippen molar-refractivity contribution in [2.24, 2.45) is 0 Å². The topological polar surface area (TPSA) is 49.4 Å². The molecule has 3 aromatic rings. The molecule has 2 aromatic carbocycles. The number of hydrogen-bond donors (Lipinski definition) is 1. The van der Waals surface area contributed by atoms with E-state index in [0.717, 1.165) is 23.1 Å². The summed E-state index contributed by atoms with van der Waals surface area (Å²) in [5, 5.41) is 4.29. The van der Waals surface area contributed by atoms with E-state index in [2.05, 4.69) is 17.4 Å². The lowest BCUT2D eigenvalue weighted by molar-refractivity contribution is -0.132. The number of thiophene rings is 1. The van der Waals surface area contributed by atoms with Crippen LogP contribution in [0.5, 0.6) is 0 Å². The minimum absolute atomic E-state index is 0.142. The van der Waals surface area contributed by atoms with Crippen molar-refractivity contribution in [2.75, 3.05) is 13.1 Å². The Morgan fingerprint density at radius 1 is 1.07 bits per heavy atom. The number of nitrogens with zero attached hydrogens (tertiary/aromatic N) is 1. The second-order valence-corrected chi connectivity index (χ2v) is 8.36. The molecular weight excluding hydrogens is 392 g/mol. The number of nitrogens with one attached hydrogen (secondary N) is 1. The molecule has 2 heterocycles. The third-order valence-corrected chi connectivity index (χ3v) is 6.75. The molecule has 144 valence electrons. The van der Waals surface area contributed by atoms with E-state index in [9.17, 15) is 9.59 Å². The van der Waals surface area contributed by atoms with Crippen LogP contribution in [0.4, 0.5) is 0 Å². The molecule has 2 amide bonds. The lowest BCUT2D eigenvalue weighted by Crippen LogP contribution is -2.36. The molecule has 6 heteroatoms. The Labute approximate surface area is 173 Å². The second-order valence-electron chi connectivity index (χ2n) is 6.93. The SMILES string of the molecule is O=C(NCCCC(=O)N1CCc2ccccc2C1)c1sc2ccccc2c1Cl. The average molecular weight is 413 g/mol. The van der Waals surface area contributed by atoms with Gasteiger partial charge < -0.3 is 10.2 Å². The fourth-order valence-electron chi connectivity index (χ4n) is 3.55. The third-order valence-electron chi connectivity index (χ3n) is 5.08. The van der Waals surface area contributed by atoms with Crippen molar-refractivity contribution in [1.82, 2.24) is 10.2 Å². The minimum atomic E-state index is -0.175. The molecule has 0 radical (unpaired) electrons. The van der Waals surface area contributed by atoms with Crippen molar-refractivity contribution >= 4 is 44.8 Å². The summed E-state index contributed by atoms with van der Waals surface area (Å²) < 4.78 is 0.998. The number of hydrogen-bond acceptors (Lipinski definition) is 3. The lowest BCUT2D eigenvalue weighted by Gasteiger charge is -2.29. The first kappa shape index (κ1) is 19.0. The summed E-state index contributed by atoms with van der Waals surface area (Å²) in [7, 11) is 0. The maximum Gasteiger partial charge on any atom is 0.262 e. The van der Waals surface area contributed by atoms with Gasteiger partial charge in [-0.2, -0.15) is 0 Å². The molecule has 0 unspecified atom stereocenters. The van der Waals surface area contributed by atoms with E-state index in [1.165, 1.54) is 22.5 Å². The first-order chi connectivity index (χ1) is 13.6. The van der Waals surface area contributed by atoms with E-state index >= 15 is 0 Å². The predicted molar refractivity (Wildman–Crippen MR) is 114 cm³/mol. The largest absolute Gasteiger partial charge is 0.351 e. The summed E-state index contributed by atoms with van der Waals surface area (Å²) >= 11 is 7.74. The summed E-state index contributed by atoms with van der Waals surface area (Å²) in [6.45, 7) is 1.90. The van der Waals surface area contributed by atoms with Gasteiger partial charge in [-0.05, 0) is 30.0 Å². The van der Waals surface area contributed by atoms with Crippen molar-refractivity contribution in [3.63, 3.8) is 0 Å². The normalized spacial score (nSPS) is 13.4. The summed E-state index contributed by atoms with van der Waals surface area (Å²) in [5.74, 6) is -0.0332. The highest BCUT2D eigenvalue weighted by molar-refractivity contribution is 7.21. The summed E-state index contributed by atoms with van der Waals surface area (Å²) in [6, 6.07) is 16.0. The Morgan fingerprint density at radius 2 is 1.82 bits per heavy atom. The van der Waals surface area contributed by atoms with Gasteiger partial charge in [0.15, 0.2) is 0 Å². The monoisotopic (exact) mass is 412 g/mol. The van der Waals surface area contributed by atoms with Crippen LogP contribution in [0.15, 0.2) is 48.5 Å². The molecule has 1 aromatic heterocycles. The van der Waals surface area contributed by atoms with Crippen molar-refractivity contribution in [1.29, 1.82) is 0 Å². The summed E-state index contributed by atoms with van der Waals surface area (Å²) in [6.07, 6.45) is 1.96. The zero-order chi connectivity index (χ0) is 19.5. The highest BCUT2D eigenvalue weighted by Gasteiger charge is 2.20. The van der Waals surface area contributed by atoms with Crippen LogP contribution in [0.1, 0.15) is 33.6 Å². The Balaban J connectivity index is 1.27.